The second-order valence-corrected chi connectivity index (χ2v) is 3.24. The Morgan fingerprint density at radius 2 is 1.92 bits per heavy atom. The molecule has 0 radical (unpaired) electrons. The van der Waals surface area contributed by atoms with Gasteiger partial charge in [0.2, 0.25) is 0 Å². The first-order chi connectivity index (χ1) is 5.69. The van der Waals surface area contributed by atoms with Crippen LogP contribution in [0.2, 0.25) is 0 Å². The van der Waals surface area contributed by atoms with Gasteiger partial charge in [0, 0.05) is 0 Å². The Labute approximate surface area is 71.9 Å². The van der Waals surface area contributed by atoms with Crippen LogP contribution in [-0.2, 0) is 15.0 Å². The van der Waals surface area contributed by atoms with Crippen LogP contribution in [0.25, 0.3) is 0 Å². The molecule has 3 nitrogen and oxygen atoms in total. The van der Waals surface area contributed by atoms with Crippen molar-refractivity contribution >= 4 is 10.2 Å². The van der Waals surface area contributed by atoms with Crippen molar-refractivity contribution in [1.82, 2.24) is 0 Å². The van der Waals surface area contributed by atoms with E-state index in [4.69, 9.17) is 0 Å². The Balaban J connectivity index is 4.71. The molecule has 8 heteroatoms. The van der Waals surface area contributed by atoms with Crippen LogP contribution in [0.5, 0.6) is 0 Å². The van der Waals surface area contributed by atoms with Crippen LogP contribution in [0.1, 0.15) is 0 Å². The monoisotopic (exact) mass is 220 g/mol. The van der Waals surface area contributed by atoms with E-state index >= 15 is 0 Å². The number of alkyl halides is 3. The molecule has 0 saturated carbocycles. The zero-order valence-electron chi connectivity index (χ0n) is 6.01. The van der Waals surface area contributed by atoms with Gasteiger partial charge in [-0.1, -0.05) is 5.92 Å². The third kappa shape index (κ3) is 4.10. The summed E-state index contributed by atoms with van der Waals surface area (Å²) in [5, 5.41) is 0. The molecule has 0 aromatic rings. The van der Waals surface area contributed by atoms with Crippen molar-refractivity contribution < 1.29 is 30.2 Å². The Bertz CT molecular complexity index is 299. The fourth-order valence-electron chi connectivity index (χ4n) is 0.459. The molecule has 0 aliphatic carbocycles. The summed E-state index contributed by atoms with van der Waals surface area (Å²) >= 11 is 0. The number of hydrogen-bond donors (Lipinski definition) is 0. The van der Waals surface area contributed by atoms with Crippen LogP contribution in [0.15, 0.2) is 0 Å². The van der Waals surface area contributed by atoms with Gasteiger partial charge in [0.1, 0.15) is 6.61 Å². The molecule has 0 aromatic carbocycles. The molecule has 0 amide bonds. The predicted octanol–water partition coefficient (Wildman–Crippen LogP) is 0.824. The maximum atomic E-state index is 11.9. The predicted molar refractivity (Wildman–Crippen MR) is 34.7 cm³/mol. The fourth-order valence-corrected chi connectivity index (χ4v) is 1.01. The number of rotatable bonds is 3. The Morgan fingerprint density at radius 1 is 1.46 bits per heavy atom. The first-order valence-electron chi connectivity index (χ1n) is 2.75. The van der Waals surface area contributed by atoms with E-state index in [0.29, 0.717) is 0 Å². The Kier molecular flexibility index (Phi) is 3.69. The summed E-state index contributed by atoms with van der Waals surface area (Å²) in [4.78, 5) is 0. The second kappa shape index (κ2) is 3.93. The minimum Gasteiger partial charge on any atom is -0.339 e. The molecule has 0 rings (SSSR count). The number of hydrogen-bond acceptors (Lipinski definition) is 3. The van der Waals surface area contributed by atoms with Gasteiger partial charge in [-0.25, -0.2) is 0 Å². The average molecular weight is 220 g/mol. The summed E-state index contributed by atoms with van der Waals surface area (Å²) in [6.07, 6.45) is -0.825. The van der Waals surface area contributed by atoms with Gasteiger partial charge in [0.05, 0.1) is 0 Å². The van der Waals surface area contributed by atoms with E-state index in [-0.39, 0.29) is 0 Å². The molecular weight excluding hydrogens is 216 g/mol. The standard InChI is InChI=1S/C5H4F4O3S/c1-2-3-12-4(5(6,7)8)13(9,10)11/h1,4H,3H2. The molecule has 76 valence electrons. The summed E-state index contributed by atoms with van der Waals surface area (Å²) in [7, 11) is -5.84. The quantitative estimate of drug-likeness (QED) is 0.402. The average Bonchev–Trinajstić information content (AvgIpc) is 1.81. The lowest BCUT2D eigenvalue weighted by Crippen LogP contribution is -2.37. The van der Waals surface area contributed by atoms with E-state index in [9.17, 15) is 25.5 Å². The van der Waals surface area contributed by atoms with Gasteiger partial charge in [-0.2, -0.15) is 21.6 Å². The fraction of sp³-hybridized carbons (Fsp3) is 0.600. The largest absolute Gasteiger partial charge is 0.431 e. The molecule has 1 atom stereocenters. The molecule has 1 unspecified atom stereocenters. The minimum absolute atomic E-state index is 0.937. The molecule has 0 aliphatic rings. The van der Waals surface area contributed by atoms with Crippen molar-refractivity contribution in [3.63, 3.8) is 0 Å². The summed E-state index contributed by atoms with van der Waals surface area (Å²) in [6, 6.07) is 0. The van der Waals surface area contributed by atoms with Gasteiger partial charge in [0.15, 0.2) is 0 Å². The molecule has 0 saturated heterocycles. The highest BCUT2D eigenvalue weighted by molar-refractivity contribution is 7.86. The van der Waals surface area contributed by atoms with Crippen molar-refractivity contribution in [2.75, 3.05) is 6.61 Å². The Morgan fingerprint density at radius 3 is 2.15 bits per heavy atom. The summed E-state index contributed by atoms with van der Waals surface area (Å²) in [5.74, 6) is 1.59. The SMILES string of the molecule is C#CCOC(C(F)(F)F)S(=O)(=O)F. The van der Waals surface area contributed by atoms with Crippen molar-refractivity contribution in [1.29, 1.82) is 0 Å². The van der Waals surface area contributed by atoms with E-state index in [0.717, 1.165) is 0 Å². The van der Waals surface area contributed by atoms with Gasteiger partial charge < -0.3 is 4.74 Å². The number of ether oxygens (including phenoxy) is 1. The zero-order valence-corrected chi connectivity index (χ0v) is 6.82. The molecule has 0 bridgehead atoms. The first-order valence-corrected chi connectivity index (χ1v) is 4.19. The van der Waals surface area contributed by atoms with Crippen LogP contribution in [-0.4, -0.2) is 26.6 Å². The topological polar surface area (TPSA) is 43.4 Å². The summed E-state index contributed by atoms with van der Waals surface area (Å²) < 4.78 is 70.5. The van der Waals surface area contributed by atoms with E-state index in [1.54, 1.807) is 5.92 Å². The molecule has 0 spiro atoms. The molecule has 13 heavy (non-hydrogen) atoms. The van der Waals surface area contributed by atoms with Gasteiger partial charge in [0.25, 0.3) is 5.44 Å². The minimum atomic E-state index is -5.84. The van der Waals surface area contributed by atoms with Crippen molar-refractivity contribution in [2.45, 2.75) is 11.6 Å². The van der Waals surface area contributed by atoms with Gasteiger partial charge in [-0.15, -0.1) is 10.3 Å². The maximum absolute atomic E-state index is 11.9. The van der Waals surface area contributed by atoms with Crippen molar-refractivity contribution in [2.24, 2.45) is 0 Å². The zero-order chi connectivity index (χ0) is 10.7. The molecule has 0 aromatic heterocycles. The Hall–Kier alpha value is -0.810. The van der Waals surface area contributed by atoms with Crippen molar-refractivity contribution in [3.8, 4) is 12.3 Å². The molecule has 0 fully saturated rings. The van der Waals surface area contributed by atoms with E-state index in [1.165, 1.54) is 0 Å². The maximum Gasteiger partial charge on any atom is 0.431 e. The van der Waals surface area contributed by atoms with Gasteiger partial charge in [-0.3, -0.25) is 0 Å². The highest BCUT2D eigenvalue weighted by Gasteiger charge is 2.50. The van der Waals surface area contributed by atoms with Crippen LogP contribution < -0.4 is 0 Å². The summed E-state index contributed by atoms with van der Waals surface area (Å²) in [6.45, 7) is -0.937. The highest BCUT2D eigenvalue weighted by atomic mass is 32.3. The van der Waals surface area contributed by atoms with Crippen LogP contribution in [0.3, 0.4) is 0 Å². The van der Waals surface area contributed by atoms with E-state index in [2.05, 4.69) is 11.2 Å². The normalized spacial score (nSPS) is 15.0. The van der Waals surface area contributed by atoms with E-state index in [1.807, 2.05) is 0 Å². The van der Waals surface area contributed by atoms with Gasteiger partial charge >= 0.3 is 16.4 Å². The lowest BCUT2D eigenvalue weighted by Gasteiger charge is -2.14. The third-order valence-electron chi connectivity index (χ3n) is 0.841. The third-order valence-corrected chi connectivity index (χ3v) is 1.76. The number of halogens is 4. The number of terminal acetylenes is 1. The lowest BCUT2D eigenvalue weighted by molar-refractivity contribution is -0.188. The summed E-state index contributed by atoms with van der Waals surface area (Å²) in [5.41, 5.74) is -3.50. The van der Waals surface area contributed by atoms with Gasteiger partial charge in [-0.05, 0) is 0 Å². The van der Waals surface area contributed by atoms with Crippen LogP contribution >= 0.6 is 0 Å². The lowest BCUT2D eigenvalue weighted by atomic mass is 10.7. The molecule has 0 N–H and O–H groups in total. The van der Waals surface area contributed by atoms with Crippen LogP contribution in [0.4, 0.5) is 17.1 Å². The highest BCUT2D eigenvalue weighted by Crippen LogP contribution is 2.27. The van der Waals surface area contributed by atoms with E-state index < -0.39 is 28.4 Å². The first kappa shape index (κ1) is 12.2. The smallest absolute Gasteiger partial charge is 0.339 e. The molecule has 0 heterocycles. The molecular formula is C5H4F4O3S. The van der Waals surface area contributed by atoms with Crippen LogP contribution in [0, 0.1) is 12.3 Å². The van der Waals surface area contributed by atoms with Crippen molar-refractivity contribution in [3.05, 3.63) is 0 Å². The molecule has 0 aliphatic heterocycles. The second-order valence-electron chi connectivity index (χ2n) is 1.86.